The monoisotopic (exact) mass is 351 g/mol. The first-order chi connectivity index (χ1) is 12.5. The molecule has 0 radical (unpaired) electrons. The SMILES string of the molecule is COc1ccc(-c2cc3nc([C@H](C)NC(=O)C4CC4C)nn3cn2)cc1. The second kappa shape index (κ2) is 6.40. The third-order valence-corrected chi connectivity index (χ3v) is 4.82. The lowest BCUT2D eigenvalue weighted by molar-refractivity contribution is -0.123. The number of nitrogens with one attached hydrogen (secondary N) is 1. The number of ether oxygens (including phenoxy) is 1. The van der Waals surface area contributed by atoms with Gasteiger partial charge in [0.15, 0.2) is 11.5 Å². The highest BCUT2D eigenvalue weighted by Gasteiger charge is 2.39. The normalized spacial score (nSPS) is 20.0. The lowest BCUT2D eigenvalue weighted by atomic mass is 10.1. The molecule has 0 bridgehead atoms. The van der Waals surface area contributed by atoms with Crippen LogP contribution in [0, 0.1) is 11.8 Å². The molecule has 2 unspecified atom stereocenters. The van der Waals surface area contributed by atoms with Crippen molar-refractivity contribution in [1.82, 2.24) is 24.9 Å². The minimum absolute atomic E-state index is 0.0842. The van der Waals surface area contributed by atoms with Gasteiger partial charge in [0.1, 0.15) is 12.1 Å². The lowest BCUT2D eigenvalue weighted by Crippen LogP contribution is -2.29. The van der Waals surface area contributed by atoms with Crippen molar-refractivity contribution >= 4 is 11.6 Å². The van der Waals surface area contributed by atoms with Gasteiger partial charge in [0.2, 0.25) is 5.91 Å². The minimum Gasteiger partial charge on any atom is -0.497 e. The average molecular weight is 351 g/mol. The summed E-state index contributed by atoms with van der Waals surface area (Å²) in [5.41, 5.74) is 2.48. The molecule has 26 heavy (non-hydrogen) atoms. The second-order valence-electron chi connectivity index (χ2n) is 6.83. The molecule has 7 nitrogen and oxygen atoms in total. The second-order valence-corrected chi connectivity index (χ2v) is 6.83. The predicted octanol–water partition coefficient (Wildman–Crippen LogP) is 2.63. The molecule has 2 heterocycles. The first-order valence-corrected chi connectivity index (χ1v) is 8.72. The Hall–Kier alpha value is -2.96. The maximum Gasteiger partial charge on any atom is 0.223 e. The van der Waals surface area contributed by atoms with Crippen molar-refractivity contribution in [2.75, 3.05) is 7.11 Å². The highest BCUT2D eigenvalue weighted by molar-refractivity contribution is 5.81. The molecule has 1 saturated carbocycles. The van der Waals surface area contributed by atoms with Crippen LogP contribution in [0.1, 0.15) is 32.1 Å². The molecule has 1 fully saturated rings. The number of aromatic nitrogens is 4. The topological polar surface area (TPSA) is 81.4 Å². The van der Waals surface area contributed by atoms with Crippen molar-refractivity contribution in [1.29, 1.82) is 0 Å². The van der Waals surface area contributed by atoms with E-state index in [1.165, 1.54) is 0 Å². The lowest BCUT2D eigenvalue weighted by Gasteiger charge is -2.09. The van der Waals surface area contributed by atoms with Crippen molar-refractivity contribution in [2.45, 2.75) is 26.3 Å². The third-order valence-electron chi connectivity index (χ3n) is 4.82. The molecular weight excluding hydrogens is 330 g/mol. The number of fused-ring (bicyclic) bond motifs is 1. The molecule has 1 aromatic carbocycles. The summed E-state index contributed by atoms with van der Waals surface area (Å²) in [7, 11) is 1.64. The molecule has 134 valence electrons. The van der Waals surface area contributed by atoms with Gasteiger partial charge in [-0.3, -0.25) is 4.79 Å². The quantitative estimate of drug-likeness (QED) is 0.764. The zero-order valence-corrected chi connectivity index (χ0v) is 15.0. The number of carbonyl (C=O) groups is 1. The molecule has 1 aliphatic carbocycles. The number of amides is 1. The van der Waals surface area contributed by atoms with Gasteiger partial charge in [-0.15, -0.1) is 5.10 Å². The van der Waals surface area contributed by atoms with E-state index in [0.29, 0.717) is 17.4 Å². The summed E-state index contributed by atoms with van der Waals surface area (Å²) in [5.74, 6) is 2.08. The molecule has 0 saturated heterocycles. The van der Waals surface area contributed by atoms with E-state index in [9.17, 15) is 4.79 Å². The molecule has 1 N–H and O–H groups in total. The largest absolute Gasteiger partial charge is 0.497 e. The first kappa shape index (κ1) is 16.5. The van der Waals surface area contributed by atoms with Crippen molar-refractivity contribution in [3.8, 4) is 17.0 Å². The van der Waals surface area contributed by atoms with E-state index in [2.05, 4.69) is 27.3 Å². The Morgan fingerprint density at radius 3 is 2.73 bits per heavy atom. The van der Waals surface area contributed by atoms with Gasteiger partial charge in [0.05, 0.1) is 18.8 Å². The Morgan fingerprint density at radius 1 is 1.35 bits per heavy atom. The molecule has 1 amide bonds. The average Bonchev–Trinajstić information content (AvgIpc) is 3.24. The summed E-state index contributed by atoms with van der Waals surface area (Å²) in [6.45, 7) is 3.99. The molecule has 4 rings (SSSR count). The van der Waals surface area contributed by atoms with Crippen molar-refractivity contribution < 1.29 is 9.53 Å². The molecule has 3 atom stereocenters. The molecule has 0 aliphatic heterocycles. The van der Waals surface area contributed by atoms with Crippen molar-refractivity contribution in [2.24, 2.45) is 11.8 Å². The van der Waals surface area contributed by atoms with Crippen LogP contribution < -0.4 is 10.1 Å². The van der Waals surface area contributed by atoms with Crippen LogP contribution in [-0.4, -0.2) is 32.6 Å². The Balaban J connectivity index is 1.55. The molecule has 2 aromatic heterocycles. The summed E-state index contributed by atoms with van der Waals surface area (Å²) >= 11 is 0. The van der Waals surface area contributed by atoms with E-state index in [0.717, 1.165) is 23.4 Å². The summed E-state index contributed by atoms with van der Waals surface area (Å²) in [6, 6.07) is 9.35. The van der Waals surface area contributed by atoms with Crippen molar-refractivity contribution in [3.05, 3.63) is 42.5 Å². The molecule has 7 heteroatoms. The number of carbonyl (C=O) groups excluding carboxylic acids is 1. The zero-order valence-electron chi connectivity index (χ0n) is 15.0. The van der Waals surface area contributed by atoms with Crippen LogP contribution in [0.2, 0.25) is 0 Å². The van der Waals surface area contributed by atoms with Crippen LogP contribution in [0.3, 0.4) is 0 Å². The van der Waals surface area contributed by atoms with Gasteiger partial charge in [-0.25, -0.2) is 14.5 Å². The fourth-order valence-corrected chi connectivity index (χ4v) is 2.99. The van der Waals surface area contributed by atoms with Gasteiger partial charge < -0.3 is 10.1 Å². The fourth-order valence-electron chi connectivity index (χ4n) is 2.99. The van der Waals surface area contributed by atoms with Gasteiger partial charge in [-0.1, -0.05) is 6.92 Å². The van der Waals surface area contributed by atoms with Gasteiger partial charge in [-0.05, 0) is 43.5 Å². The standard InChI is InChI=1S/C19H21N5O2/c1-11-8-15(11)19(25)21-12(2)18-22-17-9-16(20-10-24(17)23-18)13-4-6-14(26-3)7-5-13/h4-7,9-12,15H,8H2,1-3H3,(H,21,25)/t11?,12-,15?/m0/s1. The Morgan fingerprint density at radius 2 is 2.08 bits per heavy atom. The fraction of sp³-hybridized carbons (Fsp3) is 0.368. The number of rotatable bonds is 5. The van der Waals surface area contributed by atoms with E-state index in [4.69, 9.17) is 4.74 Å². The molecular formula is C19H21N5O2. The Labute approximate surface area is 151 Å². The van der Waals surface area contributed by atoms with Gasteiger partial charge in [-0.2, -0.15) is 0 Å². The first-order valence-electron chi connectivity index (χ1n) is 8.72. The van der Waals surface area contributed by atoms with Crippen LogP contribution in [0.15, 0.2) is 36.7 Å². The van der Waals surface area contributed by atoms with E-state index < -0.39 is 0 Å². The number of benzene rings is 1. The molecule has 3 aromatic rings. The molecule has 0 spiro atoms. The summed E-state index contributed by atoms with van der Waals surface area (Å²) in [4.78, 5) is 21.1. The van der Waals surface area contributed by atoms with Gasteiger partial charge >= 0.3 is 0 Å². The maximum atomic E-state index is 12.1. The van der Waals surface area contributed by atoms with Crippen LogP contribution in [0.4, 0.5) is 0 Å². The third kappa shape index (κ3) is 3.12. The smallest absolute Gasteiger partial charge is 0.223 e. The molecule has 1 aliphatic rings. The number of hydrogen-bond donors (Lipinski definition) is 1. The number of nitrogens with zero attached hydrogens (tertiary/aromatic N) is 4. The number of methoxy groups -OCH3 is 1. The summed E-state index contributed by atoms with van der Waals surface area (Å²) in [6.07, 6.45) is 2.61. The zero-order chi connectivity index (χ0) is 18.3. The Kier molecular flexibility index (Phi) is 4.06. The van der Waals surface area contributed by atoms with Crippen LogP contribution in [-0.2, 0) is 4.79 Å². The van der Waals surface area contributed by atoms with E-state index in [1.54, 1.807) is 18.0 Å². The number of hydrogen-bond acceptors (Lipinski definition) is 5. The highest BCUT2D eigenvalue weighted by atomic mass is 16.5. The van der Waals surface area contributed by atoms with Gasteiger partial charge in [0.25, 0.3) is 0 Å². The highest BCUT2D eigenvalue weighted by Crippen LogP contribution is 2.38. The maximum absolute atomic E-state index is 12.1. The van der Waals surface area contributed by atoms with E-state index in [-0.39, 0.29) is 17.9 Å². The van der Waals surface area contributed by atoms with Crippen LogP contribution in [0.5, 0.6) is 5.75 Å². The van der Waals surface area contributed by atoms with E-state index in [1.807, 2.05) is 37.3 Å². The predicted molar refractivity (Wildman–Crippen MR) is 96.6 cm³/mol. The van der Waals surface area contributed by atoms with Crippen molar-refractivity contribution in [3.63, 3.8) is 0 Å². The van der Waals surface area contributed by atoms with Crippen LogP contribution in [0.25, 0.3) is 16.9 Å². The Bertz CT molecular complexity index is 950. The van der Waals surface area contributed by atoms with Crippen LogP contribution >= 0.6 is 0 Å². The summed E-state index contributed by atoms with van der Waals surface area (Å²) in [5, 5.41) is 7.43. The van der Waals surface area contributed by atoms with E-state index >= 15 is 0 Å². The minimum atomic E-state index is -0.236. The van der Waals surface area contributed by atoms with Gasteiger partial charge in [0, 0.05) is 17.5 Å². The summed E-state index contributed by atoms with van der Waals surface area (Å²) < 4.78 is 6.81.